The number of aldehydes is 1. The van der Waals surface area contributed by atoms with Gasteiger partial charge in [0.05, 0.1) is 12.1 Å². The SMILES string of the molecule is CC.CNC(CCC=O)C(C)=O.CNCCCCC(NC)C(C)=O. The van der Waals surface area contributed by atoms with Crippen LogP contribution in [0.1, 0.15) is 59.8 Å². The van der Waals surface area contributed by atoms with Crippen LogP contribution in [0.3, 0.4) is 0 Å². The zero-order valence-electron chi connectivity index (χ0n) is 16.7. The van der Waals surface area contributed by atoms with Crippen molar-refractivity contribution in [2.24, 2.45) is 0 Å². The second-order valence-electron chi connectivity index (χ2n) is 5.25. The molecule has 0 aromatic rings. The van der Waals surface area contributed by atoms with Gasteiger partial charge < -0.3 is 20.7 Å². The van der Waals surface area contributed by atoms with E-state index in [0.717, 1.165) is 32.1 Å². The number of rotatable bonds is 12. The highest BCUT2D eigenvalue weighted by Crippen LogP contribution is 2.00. The number of hydrogen-bond acceptors (Lipinski definition) is 6. The molecular weight excluding hydrogens is 306 g/mol. The van der Waals surface area contributed by atoms with Crippen molar-refractivity contribution in [2.45, 2.75) is 71.9 Å². The van der Waals surface area contributed by atoms with E-state index in [0.29, 0.717) is 12.8 Å². The molecule has 0 amide bonds. The van der Waals surface area contributed by atoms with E-state index in [4.69, 9.17) is 0 Å². The van der Waals surface area contributed by atoms with Crippen LogP contribution < -0.4 is 16.0 Å². The van der Waals surface area contributed by atoms with Gasteiger partial charge in [-0.3, -0.25) is 9.59 Å². The Kier molecular flexibility index (Phi) is 25.3. The number of nitrogens with one attached hydrogen (secondary N) is 3. The van der Waals surface area contributed by atoms with Crippen LogP contribution in [0.5, 0.6) is 0 Å². The van der Waals surface area contributed by atoms with Crippen molar-refractivity contribution in [3.63, 3.8) is 0 Å². The van der Waals surface area contributed by atoms with E-state index in [1.54, 1.807) is 14.0 Å². The lowest BCUT2D eigenvalue weighted by Crippen LogP contribution is -2.32. The number of likely N-dealkylation sites (N-methyl/N-ethyl adjacent to an activating group) is 2. The summed E-state index contributed by atoms with van der Waals surface area (Å²) in [6.07, 6.45) is 5.08. The maximum atomic E-state index is 11.0. The van der Waals surface area contributed by atoms with Crippen molar-refractivity contribution < 1.29 is 14.4 Å². The number of Topliss-reactive ketones (excluding diaryl/α,β-unsaturated/α-hetero) is 2. The standard InChI is InChI=1S/C9H20N2O.C7H13NO2.C2H6/c1-8(12)9(11-3)6-4-5-7-10-2;1-6(10)7(8-2)4-3-5-9;1-2/h9-11H,4-7H2,1-3H3;5,7-8H,3-4H2,1-2H3;1-2H3. The summed E-state index contributed by atoms with van der Waals surface area (Å²) in [7, 11) is 5.50. The third kappa shape index (κ3) is 18.9. The van der Waals surface area contributed by atoms with Gasteiger partial charge in [0, 0.05) is 6.42 Å². The lowest BCUT2D eigenvalue weighted by molar-refractivity contribution is -0.120. The Morgan fingerprint density at radius 2 is 1.33 bits per heavy atom. The minimum atomic E-state index is -0.148. The molecule has 0 aromatic carbocycles. The van der Waals surface area contributed by atoms with E-state index in [-0.39, 0.29) is 23.7 Å². The molecular formula is C18H39N3O3. The van der Waals surface area contributed by atoms with E-state index >= 15 is 0 Å². The van der Waals surface area contributed by atoms with Crippen molar-refractivity contribution in [3.8, 4) is 0 Å². The molecule has 0 fully saturated rings. The highest BCUT2D eigenvalue weighted by molar-refractivity contribution is 5.81. The Morgan fingerprint density at radius 3 is 1.67 bits per heavy atom. The highest BCUT2D eigenvalue weighted by atomic mass is 16.1. The van der Waals surface area contributed by atoms with Gasteiger partial charge in [-0.05, 0) is 60.8 Å². The molecule has 0 radical (unpaired) electrons. The fourth-order valence-corrected chi connectivity index (χ4v) is 1.99. The van der Waals surface area contributed by atoms with Crippen molar-refractivity contribution in [3.05, 3.63) is 0 Å². The van der Waals surface area contributed by atoms with Crippen molar-refractivity contribution in [1.29, 1.82) is 0 Å². The summed E-state index contributed by atoms with van der Waals surface area (Å²) in [5.41, 5.74) is 0. The Labute approximate surface area is 148 Å². The molecule has 24 heavy (non-hydrogen) atoms. The highest BCUT2D eigenvalue weighted by Gasteiger charge is 2.10. The van der Waals surface area contributed by atoms with Crippen molar-refractivity contribution in [1.82, 2.24) is 16.0 Å². The fourth-order valence-electron chi connectivity index (χ4n) is 1.99. The second-order valence-corrected chi connectivity index (χ2v) is 5.25. The first-order chi connectivity index (χ1) is 11.4. The number of hydrogen-bond donors (Lipinski definition) is 3. The molecule has 0 spiro atoms. The molecule has 0 rings (SSSR count). The molecule has 0 heterocycles. The first-order valence-electron chi connectivity index (χ1n) is 8.88. The molecule has 2 atom stereocenters. The van der Waals surface area contributed by atoms with E-state index in [9.17, 15) is 14.4 Å². The van der Waals surface area contributed by atoms with Gasteiger partial charge in [0.15, 0.2) is 0 Å². The number of carbonyl (C=O) groups excluding carboxylic acids is 3. The summed E-state index contributed by atoms with van der Waals surface area (Å²) in [5, 5.41) is 8.92. The van der Waals surface area contributed by atoms with Crippen LogP contribution in [0.2, 0.25) is 0 Å². The molecule has 0 aliphatic heterocycles. The molecule has 2 unspecified atom stereocenters. The Morgan fingerprint density at radius 1 is 0.875 bits per heavy atom. The van der Waals surface area contributed by atoms with Crippen LogP contribution in [0.15, 0.2) is 0 Å². The van der Waals surface area contributed by atoms with Gasteiger partial charge in [0.1, 0.15) is 17.9 Å². The lowest BCUT2D eigenvalue weighted by Gasteiger charge is -2.11. The summed E-state index contributed by atoms with van der Waals surface area (Å²) in [4.78, 5) is 31.6. The zero-order valence-corrected chi connectivity index (χ0v) is 16.7. The largest absolute Gasteiger partial charge is 0.320 e. The van der Waals surface area contributed by atoms with Crippen LogP contribution in [-0.2, 0) is 14.4 Å². The van der Waals surface area contributed by atoms with E-state index in [1.807, 2.05) is 27.9 Å². The first-order valence-corrected chi connectivity index (χ1v) is 8.88. The summed E-state index contributed by atoms with van der Waals surface area (Å²) in [6, 6.07) is -0.0907. The Balaban J connectivity index is -0.000000337. The summed E-state index contributed by atoms with van der Waals surface area (Å²) >= 11 is 0. The average molecular weight is 346 g/mol. The maximum absolute atomic E-state index is 11.0. The Hall–Kier alpha value is -1.11. The predicted molar refractivity (Wildman–Crippen MR) is 101 cm³/mol. The van der Waals surface area contributed by atoms with Gasteiger partial charge in [0.25, 0.3) is 0 Å². The average Bonchev–Trinajstić information content (AvgIpc) is 2.57. The third-order valence-corrected chi connectivity index (χ3v) is 3.42. The monoisotopic (exact) mass is 345 g/mol. The van der Waals surface area contributed by atoms with Crippen molar-refractivity contribution >= 4 is 17.9 Å². The molecule has 0 saturated carbocycles. The minimum Gasteiger partial charge on any atom is -0.320 e. The smallest absolute Gasteiger partial charge is 0.146 e. The molecule has 6 nitrogen and oxygen atoms in total. The van der Waals surface area contributed by atoms with Gasteiger partial charge in [-0.25, -0.2) is 0 Å². The summed E-state index contributed by atoms with van der Waals surface area (Å²) < 4.78 is 0. The minimum absolute atomic E-state index is 0.0573. The maximum Gasteiger partial charge on any atom is 0.146 e. The zero-order chi connectivity index (χ0) is 19.4. The number of ketones is 2. The van der Waals surface area contributed by atoms with Crippen LogP contribution in [0, 0.1) is 0 Å². The van der Waals surface area contributed by atoms with Gasteiger partial charge in [-0.1, -0.05) is 20.3 Å². The molecule has 0 saturated heterocycles. The van der Waals surface area contributed by atoms with E-state index in [2.05, 4.69) is 16.0 Å². The molecule has 144 valence electrons. The molecule has 0 aliphatic rings. The quantitative estimate of drug-likeness (QED) is 0.369. The Bertz CT molecular complexity index is 310. The lowest BCUT2D eigenvalue weighted by atomic mass is 10.1. The summed E-state index contributed by atoms with van der Waals surface area (Å²) in [6.45, 7) is 8.19. The summed E-state index contributed by atoms with van der Waals surface area (Å²) in [5.74, 6) is 0.325. The molecule has 0 aliphatic carbocycles. The van der Waals surface area contributed by atoms with Crippen molar-refractivity contribution in [2.75, 3.05) is 27.7 Å². The predicted octanol–water partition coefficient (Wildman–Crippen LogP) is 1.72. The molecule has 6 heteroatoms. The molecule has 3 N–H and O–H groups in total. The second kappa shape index (κ2) is 21.9. The van der Waals surface area contributed by atoms with Crippen LogP contribution in [0.4, 0.5) is 0 Å². The van der Waals surface area contributed by atoms with Gasteiger partial charge in [0.2, 0.25) is 0 Å². The van der Waals surface area contributed by atoms with Gasteiger partial charge in [-0.2, -0.15) is 0 Å². The molecule has 0 bridgehead atoms. The van der Waals surface area contributed by atoms with Crippen LogP contribution in [0.25, 0.3) is 0 Å². The van der Waals surface area contributed by atoms with E-state index in [1.165, 1.54) is 6.92 Å². The topological polar surface area (TPSA) is 87.3 Å². The first kappa shape index (κ1) is 27.7. The van der Waals surface area contributed by atoms with Crippen LogP contribution in [-0.4, -0.2) is 57.6 Å². The normalized spacial score (nSPS) is 12.0. The van der Waals surface area contributed by atoms with Crippen LogP contribution >= 0.6 is 0 Å². The van der Waals surface area contributed by atoms with Gasteiger partial charge >= 0.3 is 0 Å². The third-order valence-electron chi connectivity index (χ3n) is 3.42. The van der Waals surface area contributed by atoms with E-state index < -0.39 is 0 Å². The number of unbranched alkanes of at least 4 members (excludes halogenated alkanes) is 1. The van der Waals surface area contributed by atoms with Gasteiger partial charge in [-0.15, -0.1) is 0 Å². The number of carbonyl (C=O) groups is 3. The molecule has 0 aromatic heterocycles. The fraction of sp³-hybridized carbons (Fsp3) is 0.833.